The third-order valence-corrected chi connectivity index (χ3v) is 3.97. The van der Waals surface area contributed by atoms with Crippen molar-refractivity contribution in [2.24, 2.45) is 11.8 Å². The molecular formula is C13H21NO5. The number of hydrogen-bond acceptors (Lipinski definition) is 4. The molecule has 0 spiro atoms. The zero-order chi connectivity index (χ0) is 14.0. The summed E-state index contributed by atoms with van der Waals surface area (Å²) >= 11 is 0. The summed E-state index contributed by atoms with van der Waals surface area (Å²) in [5.41, 5.74) is 0. The van der Waals surface area contributed by atoms with E-state index in [-0.39, 0.29) is 36.6 Å². The second-order valence-electron chi connectivity index (χ2n) is 5.54. The van der Waals surface area contributed by atoms with Gasteiger partial charge in [-0.25, -0.2) is 0 Å². The van der Waals surface area contributed by atoms with Crippen molar-refractivity contribution in [3.63, 3.8) is 0 Å². The molecule has 108 valence electrons. The molecule has 2 N–H and O–H groups in total. The Morgan fingerprint density at radius 1 is 1.26 bits per heavy atom. The van der Waals surface area contributed by atoms with E-state index in [2.05, 4.69) is 0 Å². The smallest absolute Gasteiger partial charge is 0.306 e. The van der Waals surface area contributed by atoms with Crippen molar-refractivity contribution in [3.8, 4) is 0 Å². The van der Waals surface area contributed by atoms with Crippen LogP contribution in [0.2, 0.25) is 0 Å². The molecule has 4 atom stereocenters. The fourth-order valence-corrected chi connectivity index (χ4v) is 3.01. The third kappa shape index (κ3) is 3.25. The number of carbonyl (C=O) groups is 2. The Bertz CT molecular complexity index is 359. The predicted molar refractivity (Wildman–Crippen MR) is 66.5 cm³/mol. The van der Waals surface area contributed by atoms with E-state index in [1.165, 1.54) is 0 Å². The normalized spacial score (nSPS) is 35.4. The minimum atomic E-state index is -0.807. The minimum absolute atomic E-state index is 0.0114. The number of carboxylic acids is 1. The molecule has 0 bridgehead atoms. The summed E-state index contributed by atoms with van der Waals surface area (Å²) in [5.74, 6) is -1.37. The standard InChI is InChI=1S/C13H21NO5/c1-8-5-14(6-11(7-15)19-8)12(16)9-2-3-10(4-9)13(17)18/h8-11,15H,2-7H2,1H3,(H,17,18). The number of morpholine rings is 1. The molecule has 6 heteroatoms. The zero-order valence-corrected chi connectivity index (χ0v) is 11.1. The molecule has 0 aromatic carbocycles. The first kappa shape index (κ1) is 14.3. The number of hydrogen-bond donors (Lipinski definition) is 2. The van der Waals surface area contributed by atoms with Crippen LogP contribution in [-0.4, -0.2) is 58.9 Å². The van der Waals surface area contributed by atoms with E-state index in [1.807, 2.05) is 6.92 Å². The Balaban J connectivity index is 1.94. The van der Waals surface area contributed by atoms with Gasteiger partial charge in [-0.05, 0) is 26.2 Å². The summed E-state index contributed by atoms with van der Waals surface area (Å²) < 4.78 is 5.50. The molecule has 19 heavy (non-hydrogen) atoms. The van der Waals surface area contributed by atoms with Crippen molar-refractivity contribution >= 4 is 11.9 Å². The Labute approximate surface area is 112 Å². The highest BCUT2D eigenvalue weighted by molar-refractivity contribution is 5.81. The maximum absolute atomic E-state index is 12.4. The lowest BCUT2D eigenvalue weighted by Crippen LogP contribution is -2.51. The van der Waals surface area contributed by atoms with Gasteiger partial charge in [0.25, 0.3) is 0 Å². The van der Waals surface area contributed by atoms with Gasteiger partial charge in [-0.1, -0.05) is 0 Å². The number of carbonyl (C=O) groups excluding carboxylic acids is 1. The lowest BCUT2D eigenvalue weighted by Gasteiger charge is -2.37. The maximum Gasteiger partial charge on any atom is 0.306 e. The second-order valence-corrected chi connectivity index (χ2v) is 5.54. The Morgan fingerprint density at radius 3 is 2.53 bits per heavy atom. The maximum atomic E-state index is 12.4. The van der Waals surface area contributed by atoms with Crippen LogP contribution in [0.5, 0.6) is 0 Å². The van der Waals surface area contributed by atoms with Crippen LogP contribution in [0.4, 0.5) is 0 Å². The van der Waals surface area contributed by atoms with Crippen LogP contribution in [0.15, 0.2) is 0 Å². The van der Waals surface area contributed by atoms with Gasteiger partial charge in [0, 0.05) is 19.0 Å². The van der Waals surface area contributed by atoms with Crippen LogP contribution in [0.3, 0.4) is 0 Å². The SMILES string of the molecule is CC1CN(C(=O)C2CCC(C(=O)O)C2)CC(CO)O1. The number of amides is 1. The summed E-state index contributed by atoms with van der Waals surface area (Å²) in [6.45, 7) is 2.69. The molecule has 0 aromatic rings. The Morgan fingerprint density at radius 2 is 1.95 bits per heavy atom. The van der Waals surface area contributed by atoms with Gasteiger partial charge >= 0.3 is 5.97 Å². The van der Waals surface area contributed by atoms with Crippen LogP contribution in [0, 0.1) is 11.8 Å². The highest BCUT2D eigenvalue weighted by atomic mass is 16.5. The van der Waals surface area contributed by atoms with Gasteiger partial charge in [0.15, 0.2) is 0 Å². The van der Waals surface area contributed by atoms with Gasteiger partial charge < -0.3 is 19.8 Å². The van der Waals surface area contributed by atoms with Gasteiger partial charge in [-0.3, -0.25) is 9.59 Å². The van der Waals surface area contributed by atoms with Crippen LogP contribution in [0.25, 0.3) is 0 Å². The molecule has 0 aromatic heterocycles. The molecule has 1 saturated carbocycles. The second kappa shape index (κ2) is 5.88. The van der Waals surface area contributed by atoms with E-state index in [0.29, 0.717) is 32.4 Å². The molecular weight excluding hydrogens is 250 g/mol. The highest BCUT2D eigenvalue weighted by Crippen LogP contribution is 2.33. The summed E-state index contributed by atoms with van der Waals surface area (Å²) in [4.78, 5) is 25.0. The van der Waals surface area contributed by atoms with Gasteiger partial charge in [0.1, 0.15) is 0 Å². The lowest BCUT2D eigenvalue weighted by molar-refractivity contribution is -0.151. The van der Waals surface area contributed by atoms with E-state index in [1.54, 1.807) is 4.90 Å². The van der Waals surface area contributed by atoms with Crippen molar-refractivity contribution in [1.82, 2.24) is 4.90 Å². The number of ether oxygens (including phenoxy) is 1. The van der Waals surface area contributed by atoms with E-state index in [4.69, 9.17) is 14.9 Å². The first-order chi connectivity index (χ1) is 9.01. The first-order valence-corrected chi connectivity index (χ1v) is 6.79. The number of aliphatic hydroxyl groups excluding tert-OH is 1. The molecule has 1 aliphatic heterocycles. The monoisotopic (exact) mass is 271 g/mol. The first-order valence-electron chi connectivity index (χ1n) is 6.79. The Kier molecular flexibility index (Phi) is 4.42. The number of aliphatic carboxylic acids is 1. The van der Waals surface area contributed by atoms with E-state index >= 15 is 0 Å². The number of rotatable bonds is 3. The average Bonchev–Trinajstić information content (AvgIpc) is 2.86. The number of nitrogens with zero attached hydrogens (tertiary/aromatic N) is 1. The summed E-state index contributed by atoms with van der Waals surface area (Å²) in [6, 6.07) is 0. The molecule has 1 saturated heterocycles. The van der Waals surface area contributed by atoms with E-state index < -0.39 is 5.97 Å². The molecule has 1 aliphatic carbocycles. The molecule has 2 aliphatic rings. The highest BCUT2D eigenvalue weighted by Gasteiger charge is 2.38. The topological polar surface area (TPSA) is 87.1 Å². The third-order valence-electron chi connectivity index (χ3n) is 3.97. The average molecular weight is 271 g/mol. The van der Waals surface area contributed by atoms with Crippen molar-refractivity contribution in [3.05, 3.63) is 0 Å². The van der Waals surface area contributed by atoms with E-state index in [9.17, 15) is 9.59 Å². The van der Waals surface area contributed by atoms with Crippen LogP contribution in [0.1, 0.15) is 26.2 Å². The van der Waals surface area contributed by atoms with Crippen LogP contribution >= 0.6 is 0 Å². The fourth-order valence-electron chi connectivity index (χ4n) is 3.01. The quantitative estimate of drug-likeness (QED) is 0.760. The van der Waals surface area contributed by atoms with Gasteiger partial charge in [-0.2, -0.15) is 0 Å². The van der Waals surface area contributed by atoms with E-state index in [0.717, 1.165) is 0 Å². The molecule has 4 unspecified atom stereocenters. The minimum Gasteiger partial charge on any atom is -0.481 e. The molecule has 1 heterocycles. The molecule has 1 amide bonds. The summed E-state index contributed by atoms with van der Waals surface area (Å²) in [5, 5.41) is 18.1. The van der Waals surface area contributed by atoms with Crippen molar-refractivity contribution in [1.29, 1.82) is 0 Å². The summed E-state index contributed by atoms with van der Waals surface area (Å²) in [7, 11) is 0. The number of aliphatic hydroxyl groups is 1. The fraction of sp³-hybridized carbons (Fsp3) is 0.846. The predicted octanol–water partition coefficient (Wildman–Crippen LogP) is 0.0955. The van der Waals surface area contributed by atoms with Crippen LogP contribution in [-0.2, 0) is 14.3 Å². The molecule has 2 rings (SSSR count). The van der Waals surface area contributed by atoms with Gasteiger partial charge in [0.2, 0.25) is 5.91 Å². The lowest BCUT2D eigenvalue weighted by atomic mass is 10.0. The number of carboxylic acid groups (broad SMARTS) is 1. The van der Waals surface area contributed by atoms with Crippen molar-refractivity contribution in [2.75, 3.05) is 19.7 Å². The van der Waals surface area contributed by atoms with Gasteiger partial charge in [0.05, 0.1) is 24.7 Å². The largest absolute Gasteiger partial charge is 0.481 e. The van der Waals surface area contributed by atoms with Crippen molar-refractivity contribution < 1.29 is 24.5 Å². The summed E-state index contributed by atoms with van der Waals surface area (Å²) in [6.07, 6.45) is 1.24. The van der Waals surface area contributed by atoms with Crippen molar-refractivity contribution in [2.45, 2.75) is 38.4 Å². The molecule has 0 radical (unpaired) electrons. The van der Waals surface area contributed by atoms with Crippen LogP contribution < -0.4 is 0 Å². The van der Waals surface area contributed by atoms with Gasteiger partial charge in [-0.15, -0.1) is 0 Å². The zero-order valence-electron chi connectivity index (χ0n) is 11.1. The molecule has 2 fully saturated rings. The Hall–Kier alpha value is -1.14. The molecule has 6 nitrogen and oxygen atoms in total.